The summed E-state index contributed by atoms with van der Waals surface area (Å²) in [6.07, 6.45) is 1.14. The normalized spacial score (nSPS) is 12.0. The van der Waals surface area contributed by atoms with E-state index >= 15 is 0 Å². The van der Waals surface area contributed by atoms with Crippen LogP contribution >= 0.6 is 15.9 Å². The second-order valence-corrected chi connectivity index (χ2v) is 7.07. The van der Waals surface area contributed by atoms with E-state index in [0.717, 1.165) is 6.33 Å². The van der Waals surface area contributed by atoms with Crippen molar-refractivity contribution in [2.45, 2.75) is 0 Å². The predicted molar refractivity (Wildman–Crippen MR) is 115 cm³/mol. The molecule has 4 rings (SSSR count). The van der Waals surface area contributed by atoms with Gasteiger partial charge in [-0.25, -0.2) is 9.97 Å². The molecular formula is C19H15BrN6O5. The summed E-state index contributed by atoms with van der Waals surface area (Å²) in [7, 11) is 0. The standard InChI is InChI=1S/C19H15BrN6O5/c20-13-4-2-1-3-12(13)19(27)25-24-18-16(26(28)29)17(21-10-22-18)23-11-5-6-14-15(9-11)31-8-7-30-14/h1-6,9-10H,7-8H2,(H,25,27)(H2,21,22,23,24). The van der Waals surface area contributed by atoms with Crippen LogP contribution in [0.5, 0.6) is 11.5 Å². The molecule has 3 N–H and O–H groups in total. The van der Waals surface area contributed by atoms with Gasteiger partial charge in [0.1, 0.15) is 19.5 Å². The number of rotatable bonds is 6. The van der Waals surface area contributed by atoms with Crippen molar-refractivity contribution in [3.8, 4) is 11.5 Å². The number of nitro groups is 1. The molecular weight excluding hydrogens is 472 g/mol. The number of hydrazine groups is 1. The van der Waals surface area contributed by atoms with Gasteiger partial charge in [0, 0.05) is 16.2 Å². The number of hydrogen-bond acceptors (Lipinski definition) is 9. The number of carbonyl (C=O) groups excluding carboxylic acids is 1. The van der Waals surface area contributed by atoms with Gasteiger partial charge in [-0.1, -0.05) is 12.1 Å². The van der Waals surface area contributed by atoms with E-state index in [9.17, 15) is 14.9 Å². The molecule has 0 spiro atoms. The van der Waals surface area contributed by atoms with Crippen LogP contribution < -0.4 is 25.6 Å². The lowest BCUT2D eigenvalue weighted by molar-refractivity contribution is -0.383. The first-order chi connectivity index (χ1) is 15.0. The van der Waals surface area contributed by atoms with Crippen LogP contribution in [0.3, 0.4) is 0 Å². The first-order valence-corrected chi connectivity index (χ1v) is 9.79. The third kappa shape index (κ3) is 4.48. The van der Waals surface area contributed by atoms with Crippen molar-refractivity contribution in [1.29, 1.82) is 0 Å². The SMILES string of the molecule is O=C(NNc1ncnc(Nc2ccc3c(c2)OCCO3)c1[N+](=O)[O-])c1ccccc1Br. The highest BCUT2D eigenvalue weighted by atomic mass is 79.9. The number of nitrogens with zero attached hydrogens (tertiary/aromatic N) is 3. The molecule has 31 heavy (non-hydrogen) atoms. The second kappa shape index (κ2) is 8.83. The van der Waals surface area contributed by atoms with Gasteiger partial charge in [0.05, 0.1) is 10.5 Å². The molecule has 0 fully saturated rings. The zero-order valence-corrected chi connectivity index (χ0v) is 17.4. The molecule has 0 bridgehead atoms. The van der Waals surface area contributed by atoms with Crippen LogP contribution in [0.4, 0.5) is 23.0 Å². The maximum absolute atomic E-state index is 12.4. The average Bonchev–Trinajstić information content (AvgIpc) is 2.77. The summed E-state index contributed by atoms with van der Waals surface area (Å²) in [5.41, 5.74) is 5.32. The Balaban J connectivity index is 1.56. The van der Waals surface area contributed by atoms with Crippen LogP contribution in [0.2, 0.25) is 0 Å². The Bertz CT molecular complexity index is 1160. The number of benzene rings is 2. The van der Waals surface area contributed by atoms with Crippen LogP contribution in [-0.4, -0.2) is 34.0 Å². The Kier molecular flexibility index (Phi) is 5.80. The van der Waals surface area contributed by atoms with Gasteiger partial charge < -0.3 is 14.8 Å². The molecule has 158 valence electrons. The van der Waals surface area contributed by atoms with Crippen LogP contribution in [0.25, 0.3) is 0 Å². The van der Waals surface area contributed by atoms with Gasteiger partial charge in [-0.05, 0) is 40.2 Å². The molecule has 12 heteroatoms. The number of ether oxygens (including phenoxy) is 2. The van der Waals surface area contributed by atoms with E-state index in [1.165, 1.54) is 0 Å². The topological polar surface area (TPSA) is 141 Å². The number of carbonyl (C=O) groups is 1. The lowest BCUT2D eigenvalue weighted by atomic mass is 10.2. The third-order valence-electron chi connectivity index (χ3n) is 4.22. The molecule has 1 amide bonds. The molecule has 0 saturated heterocycles. The molecule has 0 aliphatic carbocycles. The minimum Gasteiger partial charge on any atom is -0.486 e. The van der Waals surface area contributed by atoms with E-state index in [1.54, 1.807) is 42.5 Å². The molecule has 0 saturated carbocycles. The Morgan fingerprint density at radius 1 is 1.06 bits per heavy atom. The Morgan fingerprint density at radius 2 is 1.81 bits per heavy atom. The first kappa shape index (κ1) is 20.3. The van der Waals surface area contributed by atoms with E-state index < -0.39 is 16.5 Å². The monoisotopic (exact) mass is 486 g/mol. The van der Waals surface area contributed by atoms with Crippen LogP contribution in [0.15, 0.2) is 53.3 Å². The Morgan fingerprint density at radius 3 is 2.58 bits per heavy atom. The van der Waals surface area contributed by atoms with Crippen molar-refractivity contribution in [3.63, 3.8) is 0 Å². The molecule has 2 aromatic carbocycles. The number of halogens is 1. The molecule has 3 aromatic rings. The molecule has 1 aromatic heterocycles. The third-order valence-corrected chi connectivity index (χ3v) is 4.91. The number of amides is 1. The lowest BCUT2D eigenvalue weighted by Gasteiger charge is -2.19. The van der Waals surface area contributed by atoms with Crippen molar-refractivity contribution >= 4 is 44.8 Å². The molecule has 0 radical (unpaired) electrons. The van der Waals surface area contributed by atoms with E-state index in [2.05, 4.69) is 42.1 Å². The van der Waals surface area contributed by atoms with Gasteiger partial charge in [-0.15, -0.1) is 0 Å². The van der Waals surface area contributed by atoms with E-state index in [-0.39, 0.29) is 11.6 Å². The minimum absolute atomic E-state index is 0.0608. The van der Waals surface area contributed by atoms with Gasteiger partial charge in [-0.3, -0.25) is 25.8 Å². The van der Waals surface area contributed by atoms with Gasteiger partial charge in [-0.2, -0.15) is 0 Å². The molecule has 1 aliphatic rings. The largest absolute Gasteiger partial charge is 0.486 e. The summed E-state index contributed by atoms with van der Waals surface area (Å²) < 4.78 is 11.6. The summed E-state index contributed by atoms with van der Waals surface area (Å²) in [5, 5.41) is 14.6. The fraction of sp³-hybridized carbons (Fsp3) is 0.105. The lowest BCUT2D eigenvalue weighted by Crippen LogP contribution is -2.30. The highest BCUT2D eigenvalue weighted by molar-refractivity contribution is 9.10. The van der Waals surface area contributed by atoms with E-state index in [1.807, 2.05) is 0 Å². The fourth-order valence-electron chi connectivity index (χ4n) is 2.82. The van der Waals surface area contributed by atoms with Crippen LogP contribution in [0, 0.1) is 10.1 Å². The number of aromatic nitrogens is 2. The molecule has 1 aliphatic heterocycles. The summed E-state index contributed by atoms with van der Waals surface area (Å²) in [6.45, 7) is 0.868. The molecule has 2 heterocycles. The van der Waals surface area contributed by atoms with E-state index in [0.29, 0.717) is 40.4 Å². The summed E-state index contributed by atoms with van der Waals surface area (Å²) in [5.74, 6) is 0.370. The Hall–Kier alpha value is -3.93. The van der Waals surface area contributed by atoms with Crippen molar-refractivity contribution in [3.05, 3.63) is 68.9 Å². The number of anilines is 3. The molecule has 11 nitrogen and oxygen atoms in total. The van der Waals surface area contributed by atoms with Crippen molar-refractivity contribution < 1.29 is 19.2 Å². The van der Waals surface area contributed by atoms with Crippen LogP contribution in [0.1, 0.15) is 10.4 Å². The van der Waals surface area contributed by atoms with E-state index in [4.69, 9.17) is 9.47 Å². The summed E-state index contributed by atoms with van der Waals surface area (Å²) >= 11 is 3.28. The fourth-order valence-corrected chi connectivity index (χ4v) is 3.29. The van der Waals surface area contributed by atoms with Crippen molar-refractivity contribution in [1.82, 2.24) is 15.4 Å². The number of nitrogens with one attached hydrogen (secondary N) is 3. The maximum Gasteiger partial charge on any atom is 0.355 e. The highest BCUT2D eigenvalue weighted by Crippen LogP contribution is 2.36. The average molecular weight is 487 g/mol. The number of fused-ring (bicyclic) bond motifs is 1. The Labute approximate surface area is 184 Å². The first-order valence-electron chi connectivity index (χ1n) is 9.00. The van der Waals surface area contributed by atoms with Crippen molar-refractivity contribution in [2.24, 2.45) is 0 Å². The summed E-state index contributed by atoms with van der Waals surface area (Å²) in [6, 6.07) is 11.8. The van der Waals surface area contributed by atoms with Crippen LogP contribution in [-0.2, 0) is 0 Å². The second-order valence-electron chi connectivity index (χ2n) is 6.22. The zero-order valence-electron chi connectivity index (χ0n) is 15.8. The quantitative estimate of drug-likeness (QED) is 0.352. The van der Waals surface area contributed by atoms with Gasteiger partial charge in [0.25, 0.3) is 5.91 Å². The smallest absolute Gasteiger partial charge is 0.355 e. The van der Waals surface area contributed by atoms with Gasteiger partial charge >= 0.3 is 5.69 Å². The maximum atomic E-state index is 12.4. The zero-order chi connectivity index (χ0) is 21.8. The predicted octanol–water partition coefficient (Wildman–Crippen LogP) is 3.42. The van der Waals surface area contributed by atoms with Gasteiger partial charge in [0.15, 0.2) is 11.5 Å². The number of hydrogen-bond donors (Lipinski definition) is 3. The minimum atomic E-state index is -0.646. The van der Waals surface area contributed by atoms with Gasteiger partial charge in [0.2, 0.25) is 11.6 Å². The van der Waals surface area contributed by atoms with Crippen molar-refractivity contribution in [2.75, 3.05) is 24.0 Å². The molecule has 0 unspecified atom stereocenters. The molecule has 0 atom stereocenters. The highest BCUT2D eigenvalue weighted by Gasteiger charge is 2.24. The summed E-state index contributed by atoms with van der Waals surface area (Å²) in [4.78, 5) is 31.3.